The van der Waals surface area contributed by atoms with E-state index < -0.39 is 0 Å². The summed E-state index contributed by atoms with van der Waals surface area (Å²) < 4.78 is 16.2. The lowest BCUT2D eigenvalue weighted by Gasteiger charge is -2.16. The van der Waals surface area contributed by atoms with Crippen molar-refractivity contribution in [2.45, 2.75) is 13.5 Å². The fourth-order valence-electron chi connectivity index (χ4n) is 3.15. The van der Waals surface area contributed by atoms with Crippen LogP contribution in [0.25, 0.3) is 0 Å². The third-order valence-electron chi connectivity index (χ3n) is 4.80. The molecule has 0 radical (unpaired) electrons. The zero-order chi connectivity index (χ0) is 25.2. The number of hydrogen-bond acceptors (Lipinski definition) is 7. The van der Waals surface area contributed by atoms with Crippen molar-refractivity contribution >= 4 is 29.1 Å². The maximum atomic E-state index is 12.9. The molecule has 3 aromatic rings. The third-order valence-corrected chi connectivity index (χ3v) is 4.80. The highest BCUT2D eigenvalue weighted by Gasteiger charge is 2.15. The summed E-state index contributed by atoms with van der Waals surface area (Å²) in [6.07, 6.45) is 3.35. The van der Waals surface area contributed by atoms with Crippen LogP contribution in [0.2, 0.25) is 0 Å². The molecule has 0 saturated heterocycles. The highest BCUT2D eigenvalue weighted by atomic mass is 16.5. The maximum Gasteiger partial charge on any atom is 0.257 e. The number of hydrogen-bond donors (Lipinski definition) is 3. The Bertz CT molecular complexity index is 1170. The van der Waals surface area contributed by atoms with Crippen molar-refractivity contribution in [3.63, 3.8) is 0 Å². The lowest BCUT2D eigenvalue weighted by molar-refractivity contribution is -0.114. The average molecular weight is 478 g/mol. The number of pyridine rings is 1. The monoisotopic (exact) mass is 477 g/mol. The van der Waals surface area contributed by atoms with Gasteiger partial charge in [-0.2, -0.15) is 0 Å². The van der Waals surface area contributed by atoms with Crippen molar-refractivity contribution in [3.05, 3.63) is 72.1 Å². The van der Waals surface area contributed by atoms with Crippen LogP contribution in [0.3, 0.4) is 0 Å². The van der Waals surface area contributed by atoms with Gasteiger partial charge in [0.15, 0.2) is 11.5 Å². The van der Waals surface area contributed by atoms with Crippen LogP contribution >= 0.6 is 0 Å². The van der Waals surface area contributed by atoms with Gasteiger partial charge in [-0.15, -0.1) is 0 Å². The molecule has 0 bridgehead atoms. The van der Waals surface area contributed by atoms with Crippen LogP contribution in [0, 0.1) is 0 Å². The molecule has 0 spiro atoms. The summed E-state index contributed by atoms with van der Waals surface area (Å²) >= 11 is 0. The van der Waals surface area contributed by atoms with E-state index in [1.165, 1.54) is 28.3 Å². The first-order valence-electron chi connectivity index (χ1n) is 10.6. The number of anilines is 2. The molecule has 10 nitrogen and oxygen atoms in total. The third kappa shape index (κ3) is 6.94. The van der Waals surface area contributed by atoms with E-state index in [0.717, 1.165) is 5.56 Å². The second-order valence-corrected chi connectivity index (χ2v) is 7.27. The second kappa shape index (κ2) is 12.0. The molecular formula is C25H27N5O5. The summed E-state index contributed by atoms with van der Waals surface area (Å²) in [5.74, 6) is 0.978. The maximum absolute atomic E-state index is 12.9. The van der Waals surface area contributed by atoms with Crippen molar-refractivity contribution < 1.29 is 23.8 Å². The van der Waals surface area contributed by atoms with Gasteiger partial charge in [0, 0.05) is 48.4 Å². The normalized spacial score (nSPS) is 10.8. The van der Waals surface area contributed by atoms with Gasteiger partial charge in [0.1, 0.15) is 0 Å². The standard InChI is InChI=1S/C25H27N5O5/c1-16(31)28-19-7-5-18(6-8-19)24(32)30-25(27-15-17-9-11-26-12-10-17)29-20-13-21(33-2)23(35-4)22(14-20)34-3/h5-14H,15H2,1-4H3,(H,28,31)(H2,27,29,30,32). The molecule has 0 atom stereocenters. The molecule has 35 heavy (non-hydrogen) atoms. The highest BCUT2D eigenvalue weighted by molar-refractivity contribution is 6.10. The number of aromatic nitrogens is 1. The molecule has 2 aromatic carbocycles. The number of guanidine groups is 1. The predicted molar refractivity (Wildman–Crippen MR) is 133 cm³/mol. The summed E-state index contributed by atoms with van der Waals surface area (Å²) in [7, 11) is 4.56. The van der Waals surface area contributed by atoms with E-state index in [4.69, 9.17) is 14.2 Å². The minimum absolute atomic E-state index is 0.192. The number of nitrogens with zero attached hydrogens (tertiary/aromatic N) is 2. The Kier molecular flexibility index (Phi) is 8.60. The van der Waals surface area contributed by atoms with E-state index in [1.54, 1.807) is 48.8 Å². The number of nitrogens with one attached hydrogen (secondary N) is 3. The molecule has 2 amide bonds. The summed E-state index contributed by atoms with van der Waals surface area (Å²) in [6.45, 7) is 1.72. The van der Waals surface area contributed by atoms with Crippen molar-refractivity contribution in [2.24, 2.45) is 4.99 Å². The summed E-state index contributed by atoms with van der Waals surface area (Å²) in [5, 5.41) is 8.59. The van der Waals surface area contributed by atoms with Gasteiger partial charge in [-0.25, -0.2) is 4.99 Å². The Balaban J connectivity index is 1.87. The van der Waals surface area contributed by atoms with Crippen molar-refractivity contribution in [1.82, 2.24) is 10.3 Å². The van der Waals surface area contributed by atoms with Crippen LogP contribution in [-0.2, 0) is 11.3 Å². The number of benzene rings is 2. The van der Waals surface area contributed by atoms with Crippen LogP contribution in [-0.4, -0.2) is 44.1 Å². The summed E-state index contributed by atoms with van der Waals surface area (Å²) in [6, 6.07) is 13.6. The topological polar surface area (TPSA) is 123 Å². The number of methoxy groups -OCH3 is 3. The Morgan fingerprint density at radius 3 is 2.03 bits per heavy atom. The van der Waals surface area contributed by atoms with E-state index in [1.807, 2.05) is 12.1 Å². The van der Waals surface area contributed by atoms with Gasteiger partial charge in [-0.3, -0.25) is 19.9 Å². The van der Waals surface area contributed by atoms with Crippen LogP contribution in [0.15, 0.2) is 65.9 Å². The Labute approximate surface area is 203 Å². The molecule has 10 heteroatoms. The lowest BCUT2D eigenvalue weighted by atomic mass is 10.2. The van der Waals surface area contributed by atoms with E-state index in [-0.39, 0.29) is 17.8 Å². The van der Waals surface area contributed by atoms with E-state index in [0.29, 0.717) is 40.7 Å². The molecule has 1 aromatic heterocycles. The van der Waals surface area contributed by atoms with Gasteiger partial charge in [0.25, 0.3) is 5.91 Å². The first-order chi connectivity index (χ1) is 16.9. The first-order valence-corrected chi connectivity index (χ1v) is 10.6. The van der Waals surface area contributed by atoms with Crippen LogP contribution in [0.5, 0.6) is 17.2 Å². The molecule has 1 heterocycles. The Morgan fingerprint density at radius 2 is 1.49 bits per heavy atom. The van der Waals surface area contributed by atoms with Crippen molar-refractivity contribution in [1.29, 1.82) is 0 Å². The molecule has 0 unspecified atom stereocenters. The zero-order valence-electron chi connectivity index (χ0n) is 19.9. The molecule has 0 aliphatic carbocycles. The number of rotatable bonds is 8. The molecule has 3 rings (SSSR count). The van der Waals surface area contributed by atoms with E-state index >= 15 is 0 Å². The lowest BCUT2D eigenvalue weighted by Crippen LogP contribution is -2.36. The van der Waals surface area contributed by atoms with Gasteiger partial charge >= 0.3 is 0 Å². The van der Waals surface area contributed by atoms with E-state index in [9.17, 15) is 9.59 Å². The molecule has 0 fully saturated rings. The van der Waals surface area contributed by atoms with Crippen molar-refractivity contribution in [2.75, 3.05) is 32.0 Å². The minimum Gasteiger partial charge on any atom is -0.493 e. The van der Waals surface area contributed by atoms with Crippen LogP contribution < -0.4 is 30.2 Å². The Morgan fingerprint density at radius 1 is 0.857 bits per heavy atom. The zero-order valence-corrected chi connectivity index (χ0v) is 19.9. The van der Waals surface area contributed by atoms with Crippen LogP contribution in [0.1, 0.15) is 22.8 Å². The van der Waals surface area contributed by atoms with Gasteiger partial charge in [-0.05, 0) is 42.0 Å². The SMILES string of the molecule is COc1cc(NC(=NCc2ccncc2)NC(=O)c2ccc(NC(C)=O)cc2)cc(OC)c1OC. The van der Waals surface area contributed by atoms with Crippen molar-refractivity contribution in [3.8, 4) is 17.2 Å². The number of carbonyl (C=O) groups is 2. The minimum atomic E-state index is -0.382. The second-order valence-electron chi connectivity index (χ2n) is 7.27. The quantitative estimate of drug-likeness (QED) is 0.335. The number of aliphatic imine (C=N–C) groups is 1. The van der Waals surface area contributed by atoms with Gasteiger partial charge in [0.2, 0.25) is 17.6 Å². The molecule has 0 saturated carbocycles. The smallest absolute Gasteiger partial charge is 0.257 e. The number of carbonyl (C=O) groups excluding carboxylic acids is 2. The van der Waals surface area contributed by atoms with E-state index in [2.05, 4.69) is 25.9 Å². The molecule has 0 aliphatic heterocycles. The molecule has 3 N–H and O–H groups in total. The fourth-order valence-corrected chi connectivity index (χ4v) is 3.15. The molecule has 0 aliphatic rings. The summed E-state index contributed by atoms with van der Waals surface area (Å²) in [5.41, 5.74) is 2.46. The number of ether oxygens (including phenoxy) is 3. The van der Waals surface area contributed by atoms with Gasteiger partial charge in [0.05, 0.1) is 27.9 Å². The number of amides is 2. The first kappa shape index (κ1) is 25.0. The summed E-state index contributed by atoms with van der Waals surface area (Å²) in [4.78, 5) is 32.7. The fraction of sp³-hybridized carbons (Fsp3) is 0.200. The van der Waals surface area contributed by atoms with Gasteiger partial charge < -0.3 is 24.8 Å². The molecular weight excluding hydrogens is 450 g/mol. The highest BCUT2D eigenvalue weighted by Crippen LogP contribution is 2.39. The van der Waals surface area contributed by atoms with Crippen LogP contribution in [0.4, 0.5) is 11.4 Å². The predicted octanol–water partition coefficient (Wildman–Crippen LogP) is 3.46. The van der Waals surface area contributed by atoms with Gasteiger partial charge in [-0.1, -0.05) is 0 Å². The average Bonchev–Trinajstić information content (AvgIpc) is 2.87. The Hall–Kier alpha value is -4.60. The largest absolute Gasteiger partial charge is 0.493 e. The molecule has 182 valence electrons.